The topological polar surface area (TPSA) is 64.4 Å². The maximum atomic E-state index is 11.5. The fraction of sp³-hybridized carbons (Fsp3) is 0.474. The molecule has 0 spiro atoms. The minimum absolute atomic E-state index is 0.0609. The van der Waals surface area contributed by atoms with E-state index in [1.165, 1.54) is 7.11 Å². The maximum Gasteiger partial charge on any atom is 0.337 e. The van der Waals surface area contributed by atoms with E-state index in [-0.39, 0.29) is 11.4 Å². The Labute approximate surface area is 142 Å². The van der Waals surface area contributed by atoms with Gasteiger partial charge in [-0.1, -0.05) is 26.0 Å². The number of rotatable bonds is 3. The van der Waals surface area contributed by atoms with Crippen LogP contribution in [-0.4, -0.2) is 28.0 Å². The van der Waals surface area contributed by atoms with Crippen LogP contribution in [0.3, 0.4) is 0 Å². The first kappa shape index (κ1) is 16.7. The van der Waals surface area contributed by atoms with Gasteiger partial charge in [0.2, 0.25) is 0 Å². The number of ether oxygens (including phenoxy) is 1. The molecule has 5 nitrogen and oxygen atoms in total. The van der Waals surface area contributed by atoms with Crippen molar-refractivity contribution in [3.05, 3.63) is 52.3 Å². The summed E-state index contributed by atoms with van der Waals surface area (Å²) in [6.07, 6.45) is 1.22. The molecule has 1 unspecified atom stereocenters. The van der Waals surface area contributed by atoms with Crippen LogP contribution in [0.25, 0.3) is 0 Å². The molecule has 0 saturated heterocycles. The number of hydrogen-bond acceptors (Lipinski definition) is 4. The van der Waals surface area contributed by atoms with E-state index in [1.807, 2.05) is 23.7 Å². The monoisotopic (exact) mass is 328 g/mol. The van der Waals surface area contributed by atoms with Gasteiger partial charge in [0.05, 0.1) is 31.0 Å². The van der Waals surface area contributed by atoms with Crippen molar-refractivity contribution < 1.29 is 14.6 Å². The molecule has 1 aliphatic carbocycles. The largest absolute Gasteiger partial charge is 0.465 e. The third-order valence-corrected chi connectivity index (χ3v) is 4.72. The minimum atomic E-state index is -0.445. The van der Waals surface area contributed by atoms with Crippen LogP contribution >= 0.6 is 0 Å². The molecule has 1 aliphatic rings. The zero-order valence-corrected chi connectivity index (χ0v) is 14.7. The number of esters is 1. The molecule has 1 atom stereocenters. The zero-order chi connectivity index (χ0) is 17.5. The molecule has 0 bridgehead atoms. The molecular formula is C19H24N2O3. The van der Waals surface area contributed by atoms with Gasteiger partial charge in [-0.2, -0.15) is 5.10 Å². The number of aliphatic hydroxyl groups is 1. The molecule has 0 amide bonds. The summed E-state index contributed by atoms with van der Waals surface area (Å²) >= 11 is 0. The molecular weight excluding hydrogens is 304 g/mol. The molecule has 128 valence electrons. The Kier molecular flexibility index (Phi) is 4.22. The van der Waals surface area contributed by atoms with Crippen LogP contribution in [-0.2, 0) is 17.7 Å². The number of aryl methyl sites for hydroxylation is 1. The van der Waals surface area contributed by atoms with Gasteiger partial charge in [-0.3, -0.25) is 4.68 Å². The molecule has 5 heteroatoms. The number of carbonyl (C=O) groups excluding carboxylic acids is 1. The fourth-order valence-corrected chi connectivity index (χ4v) is 3.58. The standard InChI is InChI=1S/C19H24N2O3/c1-12-17-15(9-19(2,3)10-16(17)22)21(20-12)11-13-5-7-14(8-6-13)18(23)24-4/h5-8,16,22H,9-11H2,1-4H3. The van der Waals surface area contributed by atoms with Crippen LogP contribution in [0.2, 0.25) is 0 Å². The number of fused-ring (bicyclic) bond motifs is 1. The van der Waals surface area contributed by atoms with Gasteiger partial charge in [0, 0.05) is 11.3 Å². The predicted octanol–water partition coefficient (Wildman–Crippen LogP) is 3.03. The third-order valence-electron chi connectivity index (χ3n) is 4.72. The highest BCUT2D eigenvalue weighted by molar-refractivity contribution is 5.89. The molecule has 0 saturated carbocycles. The van der Waals surface area contributed by atoms with Gasteiger partial charge >= 0.3 is 5.97 Å². The normalized spacial score (nSPS) is 19.0. The molecule has 1 N–H and O–H groups in total. The van der Waals surface area contributed by atoms with E-state index >= 15 is 0 Å². The van der Waals surface area contributed by atoms with Crippen molar-refractivity contribution in [1.82, 2.24) is 9.78 Å². The molecule has 1 aromatic carbocycles. The summed E-state index contributed by atoms with van der Waals surface area (Å²) in [7, 11) is 1.38. The van der Waals surface area contributed by atoms with E-state index in [1.54, 1.807) is 12.1 Å². The Balaban J connectivity index is 1.89. The number of aliphatic hydroxyl groups excluding tert-OH is 1. The Morgan fingerprint density at radius 3 is 2.67 bits per heavy atom. The second kappa shape index (κ2) is 6.06. The van der Waals surface area contributed by atoms with Gasteiger partial charge in [-0.05, 0) is 42.9 Å². The highest BCUT2D eigenvalue weighted by Gasteiger charge is 2.35. The summed E-state index contributed by atoms with van der Waals surface area (Å²) in [5, 5.41) is 15.1. The first-order valence-corrected chi connectivity index (χ1v) is 8.22. The molecule has 2 aromatic rings. The summed E-state index contributed by atoms with van der Waals surface area (Å²) in [4.78, 5) is 11.5. The molecule has 24 heavy (non-hydrogen) atoms. The summed E-state index contributed by atoms with van der Waals surface area (Å²) in [6, 6.07) is 7.37. The molecule has 0 fully saturated rings. The van der Waals surface area contributed by atoms with E-state index in [0.29, 0.717) is 12.1 Å². The van der Waals surface area contributed by atoms with Crippen molar-refractivity contribution in [2.45, 2.75) is 46.3 Å². The van der Waals surface area contributed by atoms with Crippen LogP contribution in [0.1, 0.15) is 59.2 Å². The molecule has 0 radical (unpaired) electrons. The lowest BCUT2D eigenvalue weighted by molar-refractivity contribution is 0.0600. The van der Waals surface area contributed by atoms with E-state index in [2.05, 4.69) is 18.9 Å². The van der Waals surface area contributed by atoms with Crippen molar-refractivity contribution in [3.8, 4) is 0 Å². The first-order chi connectivity index (χ1) is 11.3. The van der Waals surface area contributed by atoms with E-state index in [9.17, 15) is 9.90 Å². The number of carbonyl (C=O) groups is 1. The van der Waals surface area contributed by atoms with Crippen LogP contribution in [0.15, 0.2) is 24.3 Å². The lowest BCUT2D eigenvalue weighted by Crippen LogP contribution is -2.27. The average Bonchev–Trinajstić information content (AvgIpc) is 2.81. The average molecular weight is 328 g/mol. The fourth-order valence-electron chi connectivity index (χ4n) is 3.58. The Morgan fingerprint density at radius 1 is 1.38 bits per heavy atom. The van der Waals surface area contributed by atoms with Crippen molar-refractivity contribution in [2.24, 2.45) is 5.41 Å². The van der Waals surface area contributed by atoms with E-state index in [0.717, 1.165) is 35.4 Å². The quantitative estimate of drug-likeness (QED) is 0.880. The summed E-state index contributed by atoms with van der Waals surface area (Å²) < 4.78 is 6.71. The van der Waals surface area contributed by atoms with Gasteiger partial charge in [0.25, 0.3) is 0 Å². The number of methoxy groups -OCH3 is 1. The van der Waals surface area contributed by atoms with Gasteiger partial charge in [-0.25, -0.2) is 4.79 Å². The lowest BCUT2D eigenvalue weighted by Gasteiger charge is -2.33. The van der Waals surface area contributed by atoms with Gasteiger partial charge in [0.1, 0.15) is 0 Å². The van der Waals surface area contributed by atoms with Crippen LogP contribution in [0, 0.1) is 12.3 Å². The number of aromatic nitrogens is 2. The number of nitrogens with zero attached hydrogens (tertiary/aromatic N) is 2. The first-order valence-electron chi connectivity index (χ1n) is 8.22. The summed E-state index contributed by atoms with van der Waals surface area (Å²) in [6.45, 7) is 6.94. The van der Waals surface area contributed by atoms with Gasteiger partial charge < -0.3 is 9.84 Å². The van der Waals surface area contributed by atoms with E-state index < -0.39 is 6.10 Å². The van der Waals surface area contributed by atoms with Crippen LogP contribution in [0.5, 0.6) is 0 Å². The number of benzene rings is 1. The van der Waals surface area contributed by atoms with Gasteiger partial charge in [-0.15, -0.1) is 0 Å². The van der Waals surface area contributed by atoms with Crippen LogP contribution < -0.4 is 0 Å². The van der Waals surface area contributed by atoms with Crippen LogP contribution in [0.4, 0.5) is 0 Å². The van der Waals surface area contributed by atoms with Crippen molar-refractivity contribution in [3.63, 3.8) is 0 Å². The highest BCUT2D eigenvalue weighted by Crippen LogP contribution is 2.42. The Bertz CT molecular complexity index is 760. The second-order valence-corrected chi connectivity index (χ2v) is 7.35. The number of hydrogen-bond donors (Lipinski definition) is 1. The maximum absolute atomic E-state index is 11.5. The van der Waals surface area contributed by atoms with Gasteiger partial charge in [0.15, 0.2) is 0 Å². The second-order valence-electron chi connectivity index (χ2n) is 7.35. The SMILES string of the molecule is COC(=O)c1ccc(Cn2nc(C)c3c2CC(C)(C)CC3O)cc1. The highest BCUT2D eigenvalue weighted by atomic mass is 16.5. The Hall–Kier alpha value is -2.14. The third kappa shape index (κ3) is 3.08. The molecule has 1 heterocycles. The minimum Gasteiger partial charge on any atom is -0.465 e. The molecule has 1 aromatic heterocycles. The van der Waals surface area contributed by atoms with Crippen molar-refractivity contribution in [1.29, 1.82) is 0 Å². The predicted molar refractivity (Wildman–Crippen MR) is 90.9 cm³/mol. The lowest BCUT2D eigenvalue weighted by atomic mass is 9.75. The summed E-state index contributed by atoms with van der Waals surface area (Å²) in [5.74, 6) is -0.335. The smallest absolute Gasteiger partial charge is 0.337 e. The molecule has 3 rings (SSSR count). The molecule has 0 aliphatic heterocycles. The summed E-state index contributed by atoms with van der Waals surface area (Å²) in [5.41, 5.74) is 4.67. The Morgan fingerprint density at radius 2 is 2.04 bits per heavy atom. The van der Waals surface area contributed by atoms with Crippen molar-refractivity contribution in [2.75, 3.05) is 7.11 Å². The van der Waals surface area contributed by atoms with Crippen molar-refractivity contribution >= 4 is 5.97 Å². The zero-order valence-electron chi connectivity index (χ0n) is 14.7. The van der Waals surface area contributed by atoms with E-state index in [4.69, 9.17) is 4.74 Å².